The maximum Gasteiger partial charge on any atom is 0.430 e. The van der Waals surface area contributed by atoms with E-state index in [9.17, 15) is 19.5 Å². The lowest BCUT2D eigenvalue weighted by atomic mass is 10.1. The van der Waals surface area contributed by atoms with Gasteiger partial charge in [-0.15, -0.1) is 0 Å². The summed E-state index contributed by atoms with van der Waals surface area (Å²) in [7, 11) is 0. The van der Waals surface area contributed by atoms with Crippen LogP contribution in [0.5, 0.6) is 0 Å². The van der Waals surface area contributed by atoms with Crippen LogP contribution in [0.15, 0.2) is 42.0 Å². The van der Waals surface area contributed by atoms with Crippen molar-refractivity contribution in [1.82, 2.24) is 9.99 Å². The summed E-state index contributed by atoms with van der Waals surface area (Å²) >= 11 is 12.4. The summed E-state index contributed by atoms with van der Waals surface area (Å²) in [6, 6.07) is 9.42. The molecule has 1 aliphatic heterocycles. The first-order valence-corrected chi connectivity index (χ1v) is 11.3. The number of aromatic carboxylic acids is 1. The number of hydrogen-bond donors (Lipinski definition) is 3. The number of ether oxygens (including phenoxy) is 1. The molecule has 0 spiro atoms. The number of aromatic nitrogens is 1. The highest BCUT2D eigenvalue weighted by molar-refractivity contribution is 6.39. The first-order chi connectivity index (χ1) is 16.4. The number of nitrogen functional groups attached to an aromatic ring is 1. The number of nitrogens with two attached hydrogens (primary N) is 1. The Morgan fingerprint density at radius 2 is 1.83 bits per heavy atom. The van der Waals surface area contributed by atoms with Crippen LogP contribution in [0.3, 0.4) is 0 Å². The molecule has 1 fully saturated rings. The average Bonchev–Trinajstić information content (AvgIpc) is 3.26. The molecule has 2 amide bonds. The Kier molecular flexibility index (Phi) is 6.16. The van der Waals surface area contributed by atoms with Crippen LogP contribution < -0.4 is 10.7 Å². The molecule has 9 nitrogen and oxygen atoms in total. The van der Waals surface area contributed by atoms with Crippen LogP contribution in [0.1, 0.15) is 36.8 Å². The quantitative estimate of drug-likeness (QED) is 0.318. The number of carbonyl (C=O) groups excluding carboxylic acids is 2. The van der Waals surface area contributed by atoms with Gasteiger partial charge in [-0.3, -0.25) is 4.79 Å². The van der Waals surface area contributed by atoms with Gasteiger partial charge in [0, 0.05) is 32.7 Å². The Balaban J connectivity index is 1.86. The number of hydrazine groups is 1. The fourth-order valence-electron chi connectivity index (χ4n) is 3.75. The molecule has 1 saturated heterocycles. The summed E-state index contributed by atoms with van der Waals surface area (Å²) in [6.45, 7) is 4.98. The molecule has 3 aromatic rings. The number of nitrogens with zero attached hydrogens (tertiary/aromatic N) is 2. The second-order valence-corrected chi connectivity index (χ2v) is 9.79. The number of carbonyl (C=O) groups is 3. The average molecular weight is 517 g/mol. The molecule has 1 aromatic heterocycles. The molecule has 2 aromatic carbocycles. The monoisotopic (exact) mass is 516 g/mol. The van der Waals surface area contributed by atoms with Gasteiger partial charge in [0.15, 0.2) is 0 Å². The van der Waals surface area contributed by atoms with E-state index in [0.29, 0.717) is 27.3 Å². The minimum absolute atomic E-state index is 0.155. The molecule has 0 saturated carbocycles. The van der Waals surface area contributed by atoms with Gasteiger partial charge in [-0.05, 0) is 63.2 Å². The molecule has 0 radical (unpaired) electrons. The van der Waals surface area contributed by atoms with E-state index in [-0.39, 0.29) is 28.4 Å². The zero-order valence-corrected chi connectivity index (χ0v) is 20.6. The normalized spacial score (nSPS) is 15.3. The maximum absolute atomic E-state index is 13.5. The predicted octanol–water partition coefficient (Wildman–Crippen LogP) is 5.34. The lowest BCUT2D eigenvalue weighted by Crippen LogP contribution is -2.45. The van der Waals surface area contributed by atoms with Crippen LogP contribution >= 0.6 is 23.2 Å². The standard InChI is InChI=1S/C24H22Cl2N4O5/c1-24(2,3)35-23(34)29-11-12(21(31)30(29)15-6-4-14(27)5-7-15)8-16-19-17(26)9-13(25)10-18(19)28-20(16)22(32)33/h4-10,28H,11,27H2,1-3H3,(H,32,33). The van der Waals surface area contributed by atoms with Gasteiger partial charge in [0.1, 0.15) is 11.3 Å². The highest BCUT2D eigenvalue weighted by atomic mass is 35.5. The minimum atomic E-state index is -1.25. The van der Waals surface area contributed by atoms with Crippen molar-refractivity contribution in [2.45, 2.75) is 26.4 Å². The van der Waals surface area contributed by atoms with Crippen LogP contribution in [0, 0.1) is 0 Å². The molecule has 35 heavy (non-hydrogen) atoms. The molecule has 4 rings (SSSR count). The minimum Gasteiger partial charge on any atom is -0.477 e. The van der Waals surface area contributed by atoms with Crippen molar-refractivity contribution < 1.29 is 24.2 Å². The fourth-order valence-corrected chi connectivity index (χ4v) is 4.34. The molecule has 11 heteroatoms. The van der Waals surface area contributed by atoms with Gasteiger partial charge >= 0.3 is 12.1 Å². The molecule has 0 unspecified atom stereocenters. The first kappa shape index (κ1) is 24.4. The van der Waals surface area contributed by atoms with E-state index in [1.54, 1.807) is 51.1 Å². The summed E-state index contributed by atoms with van der Waals surface area (Å²) in [4.78, 5) is 41.3. The number of halogens is 2. The number of aromatic amines is 1. The van der Waals surface area contributed by atoms with Gasteiger partial charge in [-0.25, -0.2) is 19.6 Å². The number of anilines is 2. The topological polar surface area (TPSA) is 129 Å². The second-order valence-electron chi connectivity index (χ2n) is 8.95. The Morgan fingerprint density at radius 1 is 1.17 bits per heavy atom. The number of rotatable bonds is 3. The summed E-state index contributed by atoms with van der Waals surface area (Å²) in [6.07, 6.45) is 0.673. The number of carboxylic acid groups (broad SMARTS) is 1. The highest BCUT2D eigenvalue weighted by Gasteiger charge is 2.40. The molecule has 0 bridgehead atoms. The third-order valence-electron chi connectivity index (χ3n) is 5.16. The molecule has 0 aliphatic carbocycles. The van der Waals surface area contributed by atoms with Crippen LogP contribution in [-0.2, 0) is 9.53 Å². The van der Waals surface area contributed by atoms with E-state index in [1.165, 1.54) is 17.2 Å². The van der Waals surface area contributed by atoms with E-state index < -0.39 is 23.6 Å². The fraction of sp³-hybridized carbons (Fsp3) is 0.208. The molecule has 1 aliphatic rings. The van der Waals surface area contributed by atoms with Crippen molar-refractivity contribution in [2.24, 2.45) is 0 Å². The zero-order valence-electron chi connectivity index (χ0n) is 19.1. The van der Waals surface area contributed by atoms with Gasteiger partial charge in [-0.1, -0.05) is 23.2 Å². The zero-order chi connectivity index (χ0) is 25.7. The molecule has 0 atom stereocenters. The Morgan fingerprint density at radius 3 is 2.43 bits per heavy atom. The van der Waals surface area contributed by atoms with E-state index >= 15 is 0 Å². The number of H-pyrrole nitrogens is 1. The van der Waals surface area contributed by atoms with Crippen molar-refractivity contribution in [3.05, 3.63) is 63.3 Å². The largest absolute Gasteiger partial charge is 0.477 e. The first-order valence-electron chi connectivity index (χ1n) is 10.5. The van der Waals surface area contributed by atoms with E-state index in [1.807, 2.05) is 0 Å². The van der Waals surface area contributed by atoms with Crippen LogP contribution in [0.4, 0.5) is 16.2 Å². The van der Waals surface area contributed by atoms with Gasteiger partial charge in [0.2, 0.25) is 0 Å². The van der Waals surface area contributed by atoms with Crippen LogP contribution in [0.25, 0.3) is 17.0 Å². The molecule has 4 N–H and O–H groups in total. The predicted molar refractivity (Wildman–Crippen MR) is 135 cm³/mol. The molecular formula is C24H22Cl2N4O5. The summed E-state index contributed by atoms with van der Waals surface area (Å²) in [5.41, 5.74) is 6.43. The summed E-state index contributed by atoms with van der Waals surface area (Å²) < 4.78 is 5.50. The SMILES string of the molecule is CC(C)(C)OC(=O)N1CC(=Cc2c(C(=O)O)[nH]c3cc(Cl)cc(Cl)c23)C(=O)N1c1ccc(N)cc1. The third-order valence-corrected chi connectivity index (χ3v) is 5.67. The van der Waals surface area contributed by atoms with Crippen LogP contribution in [0.2, 0.25) is 10.0 Å². The Bertz CT molecular complexity index is 1390. The van der Waals surface area contributed by atoms with Crippen molar-refractivity contribution in [1.29, 1.82) is 0 Å². The Labute approximate surface area is 210 Å². The number of benzene rings is 2. The molecular weight excluding hydrogens is 495 g/mol. The van der Waals surface area contributed by atoms with Gasteiger partial charge < -0.3 is 20.6 Å². The summed E-state index contributed by atoms with van der Waals surface area (Å²) in [5.74, 6) is -1.78. The van der Waals surface area contributed by atoms with Gasteiger partial charge in [0.05, 0.1) is 17.3 Å². The number of hydrogen-bond acceptors (Lipinski definition) is 5. The van der Waals surface area contributed by atoms with Crippen LogP contribution in [-0.4, -0.2) is 45.2 Å². The number of fused-ring (bicyclic) bond motifs is 1. The van der Waals surface area contributed by atoms with Gasteiger partial charge in [0.25, 0.3) is 5.91 Å². The second kappa shape index (κ2) is 8.83. The van der Waals surface area contributed by atoms with Crippen molar-refractivity contribution in [2.75, 3.05) is 17.3 Å². The smallest absolute Gasteiger partial charge is 0.430 e. The van der Waals surface area contributed by atoms with E-state index in [2.05, 4.69) is 4.98 Å². The number of amides is 2. The van der Waals surface area contributed by atoms with Crippen molar-refractivity contribution in [3.8, 4) is 0 Å². The lowest BCUT2D eigenvalue weighted by Gasteiger charge is -2.30. The molecule has 182 valence electrons. The maximum atomic E-state index is 13.5. The highest BCUT2D eigenvalue weighted by Crippen LogP contribution is 2.36. The van der Waals surface area contributed by atoms with E-state index in [4.69, 9.17) is 33.7 Å². The van der Waals surface area contributed by atoms with Gasteiger partial charge in [-0.2, -0.15) is 0 Å². The number of carboxylic acids is 1. The lowest BCUT2D eigenvalue weighted by molar-refractivity contribution is -0.115. The van der Waals surface area contributed by atoms with Crippen molar-refractivity contribution >= 4 is 69.5 Å². The van der Waals surface area contributed by atoms with E-state index in [0.717, 1.165) is 5.01 Å². The number of nitrogens with one attached hydrogen (secondary N) is 1. The third kappa shape index (κ3) is 4.78. The van der Waals surface area contributed by atoms with Crippen molar-refractivity contribution in [3.63, 3.8) is 0 Å². The summed E-state index contributed by atoms with van der Waals surface area (Å²) in [5, 5.41) is 13.0. The molecule has 2 heterocycles. The Hall–Kier alpha value is -3.69.